The number of carbonyl (C=O) groups is 3. The van der Waals surface area contributed by atoms with E-state index >= 15 is 0 Å². The van der Waals surface area contributed by atoms with Gasteiger partial charge >= 0.3 is 0 Å². The second-order valence-electron chi connectivity index (χ2n) is 12.7. The summed E-state index contributed by atoms with van der Waals surface area (Å²) in [5, 5.41) is 9.34. The first kappa shape index (κ1) is 30.5. The summed E-state index contributed by atoms with van der Waals surface area (Å²) in [4.78, 5) is 49.0. The van der Waals surface area contributed by atoms with Crippen molar-refractivity contribution in [2.45, 2.75) is 94.4 Å². The number of unbranched alkanes of at least 4 members (excludes halogenated alkanes) is 2. The number of rotatable bonds is 13. The molecule has 1 aliphatic carbocycles. The molecule has 2 unspecified atom stereocenters. The topological polar surface area (TPSA) is 90.4 Å². The van der Waals surface area contributed by atoms with Gasteiger partial charge in [0.15, 0.2) is 0 Å². The fourth-order valence-corrected chi connectivity index (χ4v) is 8.23. The lowest BCUT2D eigenvalue weighted by Gasteiger charge is -2.40. The van der Waals surface area contributed by atoms with Crippen molar-refractivity contribution in [3.63, 3.8) is 0 Å². The number of hydrogen-bond acceptors (Lipinski definition) is 5. The fourth-order valence-electron chi connectivity index (χ4n) is 8.23. The van der Waals surface area contributed by atoms with E-state index in [2.05, 4.69) is 13.2 Å². The van der Waals surface area contributed by atoms with Crippen molar-refractivity contribution in [2.75, 3.05) is 31.1 Å². The predicted octanol–water partition coefficient (Wildman–Crippen LogP) is 4.48. The van der Waals surface area contributed by atoms with E-state index in [1.54, 1.807) is 22.0 Å². The molecule has 1 aromatic carbocycles. The van der Waals surface area contributed by atoms with Gasteiger partial charge in [-0.2, -0.15) is 0 Å². The summed E-state index contributed by atoms with van der Waals surface area (Å²) in [7, 11) is 0. The molecule has 3 aliphatic heterocycles. The molecule has 0 aromatic heterocycles. The molecule has 5 rings (SSSR count). The number of fused-ring (bicyclic) bond motifs is 1. The average Bonchev–Trinajstić information content (AvgIpc) is 3.57. The average molecular weight is 578 g/mol. The number of carbonyl (C=O) groups excluding carboxylic acids is 3. The molecule has 3 saturated heterocycles. The van der Waals surface area contributed by atoms with Crippen molar-refractivity contribution >= 4 is 23.4 Å². The first-order chi connectivity index (χ1) is 20.3. The van der Waals surface area contributed by atoms with Crippen molar-refractivity contribution < 1.29 is 24.2 Å². The normalized spacial score (nSPS) is 30.3. The molecule has 42 heavy (non-hydrogen) atoms. The molecule has 4 aliphatic rings. The highest BCUT2D eigenvalue weighted by Crippen LogP contribution is 2.63. The summed E-state index contributed by atoms with van der Waals surface area (Å²) in [6.45, 7) is 11.0. The minimum absolute atomic E-state index is 0.0804. The molecule has 3 amide bonds. The molecular weight excluding hydrogens is 530 g/mol. The smallest absolute Gasteiger partial charge is 0.248 e. The molecule has 1 saturated carbocycles. The number of benzene rings is 1. The van der Waals surface area contributed by atoms with Crippen molar-refractivity contribution in [1.82, 2.24) is 9.80 Å². The summed E-state index contributed by atoms with van der Waals surface area (Å²) >= 11 is 0. The maximum Gasteiger partial charge on any atom is 0.248 e. The Kier molecular flexibility index (Phi) is 9.23. The number of nitrogens with zero attached hydrogens (tertiary/aromatic N) is 3. The van der Waals surface area contributed by atoms with Gasteiger partial charge in [-0.05, 0) is 64.0 Å². The number of anilines is 1. The minimum atomic E-state index is -1.05. The zero-order chi connectivity index (χ0) is 29.9. The lowest BCUT2D eigenvalue weighted by Crippen LogP contribution is -2.58. The molecule has 0 radical (unpaired) electrons. The highest BCUT2D eigenvalue weighted by Gasteiger charge is 2.78. The van der Waals surface area contributed by atoms with Crippen LogP contribution in [0.5, 0.6) is 0 Å². The van der Waals surface area contributed by atoms with Gasteiger partial charge in [0, 0.05) is 38.0 Å². The van der Waals surface area contributed by atoms with Gasteiger partial charge in [-0.3, -0.25) is 14.4 Å². The highest BCUT2D eigenvalue weighted by atomic mass is 16.5. The second-order valence-corrected chi connectivity index (χ2v) is 12.7. The Bertz CT molecular complexity index is 1170. The number of likely N-dealkylation sites (tertiary alicyclic amines) is 1. The Hall–Kier alpha value is -2.97. The number of aliphatic hydroxyl groups is 1. The van der Waals surface area contributed by atoms with Gasteiger partial charge in [0.2, 0.25) is 17.7 Å². The van der Waals surface area contributed by atoms with Gasteiger partial charge in [0.1, 0.15) is 11.6 Å². The van der Waals surface area contributed by atoms with Crippen LogP contribution >= 0.6 is 0 Å². The Labute approximate surface area is 250 Å². The first-order valence-electron chi connectivity index (χ1n) is 15.8. The van der Waals surface area contributed by atoms with Crippen LogP contribution in [0.2, 0.25) is 0 Å². The molecule has 5 atom stereocenters. The van der Waals surface area contributed by atoms with E-state index in [0.29, 0.717) is 45.3 Å². The van der Waals surface area contributed by atoms with E-state index in [1.807, 2.05) is 42.2 Å². The lowest BCUT2D eigenvalue weighted by atomic mass is 9.66. The Balaban J connectivity index is 1.53. The van der Waals surface area contributed by atoms with Crippen LogP contribution in [0.15, 0.2) is 55.6 Å². The highest BCUT2D eigenvalue weighted by molar-refractivity contribution is 6.03. The standard InChI is InChI=1S/C34H47N3O5/c1-4-21-35(25-15-9-6-10-16-25)30(39)27-28-31(40)37(23-13-8-14-24-38)29(34(28)20-19-33(27,3)42-34)32(41)36(22-5-2)26-17-11-7-12-18-26/h4-6,9-10,15-16,26-29,38H,1-2,7-8,11-14,17-24H2,3H3/t27-,28+,29?,33+,34?/m1/s1. The van der Waals surface area contributed by atoms with Crippen molar-refractivity contribution in [1.29, 1.82) is 0 Å². The number of aliphatic hydroxyl groups excluding tert-OH is 1. The quantitative estimate of drug-likeness (QED) is 0.276. The van der Waals surface area contributed by atoms with Crippen LogP contribution in [0.25, 0.3) is 0 Å². The Morgan fingerprint density at radius 1 is 1.02 bits per heavy atom. The van der Waals surface area contributed by atoms with Crippen LogP contribution in [0, 0.1) is 11.8 Å². The van der Waals surface area contributed by atoms with E-state index < -0.39 is 29.1 Å². The third-order valence-corrected chi connectivity index (χ3v) is 10.1. The van der Waals surface area contributed by atoms with Crippen molar-refractivity contribution in [3.05, 3.63) is 55.6 Å². The van der Waals surface area contributed by atoms with E-state index in [4.69, 9.17) is 4.74 Å². The second kappa shape index (κ2) is 12.7. The third kappa shape index (κ3) is 5.21. The van der Waals surface area contributed by atoms with Crippen LogP contribution in [-0.2, 0) is 19.1 Å². The molecule has 8 nitrogen and oxygen atoms in total. The monoisotopic (exact) mass is 577 g/mol. The Morgan fingerprint density at radius 3 is 2.40 bits per heavy atom. The fraction of sp³-hybridized carbons (Fsp3) is 0.618. The molecule has 4 fully saturated rings. The van der Waals surface area contributed by atoms with Crippen LogP contribution in [0.3, 0.4) is 0 Å². The van der Waals surface area contributed by atoms with Crippen molar-refractivity contribution in [2.24, 2.45) is 11.8 Å². The number of para-hydroxylation sites is 1. The predicted molar refractivity (Wildman–Crippen MR) is 163 cm³/mol. The summed E-state index contributed by atoms with van der Waals surface area (Å²) < 4.78 is 6.90. The maximum atomic E-state index is 14.7. The SMILES string of the molecule is C=CCN(C(=O)[C@H]1[C@H]2C(=O)N(CCCCCO)C(C(=O)N(CC=C)C3CCCCC3)C23CC[C@]1(C)O3)c1ccccc1. The summed E-state index contributed by atoms with van der Waals surface area (Å²) in [5.41, 5.74) is -1.15. The lowest BCUT2D eigenvalue weighted by molar-refractivity contribution is -0.153. The van der Waals surface area contributed by atoms with Gasteiger partial charge in [-0.25, -0.2) is 0 Å². The van der Waals surface area contributed by atoms with Gasteiger partial charge in [0.05, 0.1) is 17.4 Å². The van der Waals surface area contributed by atoms with Crippen LogP contribution in [0.4, 0.5) is 5.69 Å². The van der Waals surface area contributed by atoms with Crippen LogP contribution in [-0.4, -0.2) is 82.2 Å². The minimum Gasteiger partial charge on any atom is -0.396 e. The van der Waals surface area contributed by atoms with Gasteiger partial charge < -0.3 is 24.5 Å². The van der Waals surface area contributed by atoms with Crippen LogP contribution < -0.4 is 4.90 Å². The third-order valence-electron chi connectivity index (χ3n) is 10.1. The summed E-state index contributed by atoms with van der Waals surface area (Å²) in [6.07, 6.45) is 11.9. The van der Waals surface area contributed by atoms with Gasteiger partial charge in [-0.1, -0.05) is 49.6 Å². The van der Waals surface area contributed by atoms with E-state index in [-0.39, 0.29) is 30.4 Å². The van der Waals surface area contributed by atoms with Gasteiger partial charge in [-0.15, -0.1) is 13.2 Å². The van der Waals surface area contributed by atoms with E-state index in [1.165, 1.54) is 6.42 Å². The van der Waals surface area contributed by atoms with E-state index in [9.17, 15) is 19.5 Å². The largest absolute Gasteiger partial charge is 0.396 e. The molecule has 1 N–H and O–H groups in total. The van der Waals surface area contributed by atoms with Crippen LogP contribution in [0.1, 0.15) is 71.1 Å². The molecule has 1 aromatic rings. The maximum absolute atomic E-state index is 14.7. The number of hydrogen-bond donors (Lipinski definition) is 1. The zero-order valence-electron chi connectivity index (χ0n) is 25.1. The Morgan fingerprint density at radius 2 is 1.74 bits per heavy atom. The molecule has 8 heteroatoms. The molecular formula is C34H47N3O5. The summed E-state index contributed by atoms with van der Waals surface area (Å²) in [5.74, 6) is -1.84. The molecule has 228 valence electrons. The molecule has 1 spiro atoms. The van der Waals surface area contributed by atoms with Gasteiger partial charge in [0.25, 0.3) is 0 Å². The summed E-state index contributed by atoms with van der Waals surface area (Å²) in [6, 6.07) is 8.80. The molecule has 2 bridgehead atoms. The zero-order valence-corrected chi connectivity index (χ0v) is 25.1. The number of ether oxygens (including phenoxy) is 1. The molecule has 3 heterocycles. The number of amides is 3. The van der Waals surface area contributed by atoms with Crippen molar-refractivity contribution in [3.8, 4) is 0 Å². The first-order valence-corrected chi connectivity index (χ1v) is 15.8. The van der Waals surface area contributed by atoms with E-state index in [0.717, 1.165) is 37.8 Å².